The van der Waals surface area contributed by atoms with E-state index in [0.717, 1.165) is 19.4 Å². The fourth-order valence-corrected chi connectivity index (χ4v) is 3.82. The van der Waals surface area contributed by atoms with Crippen molar-refractivity contribution in [1.82, 2.24) is 4.90 Å². The number of rotatable bonds is 23. The Morgan fingerprint density at radius 2 is 1.10 bits per heavy atom. The van der Waals surface area contributed by atoms with Crippen LogP contribution in [0.3, 0.4) is 0 Å². The van der Waals surface area contributed by atoms with Gasteiger partial charge in [0.15, 0.2) is 0 Å². The average Bonchev–Trinajstić information content (AvgIpc) is 2.71. The molecule has 0 aromatic heterocycles. The molecule has 4 nitrogen and oxygen atoms in total. The number of nitrogens with zero attached hydrogens (tertiary/aromatic N) is 1. The second-order valence-corrected chi connectivity index (χ2v) is 8.61. The zero-order valence-corrected chi connectivity index (χ0v) is 19.9. The second-order valence-electron chi connectivity index (χ2n) is 8.23. The van der Waals surface area contributed by atoms with Crippen molar-refractivity contribution >= 4 is 17.7 Å². The van der Waals surface area contributed by atoms with Crippen molar-refractivity contribution in [2.75, 3.05) is 32.2 Å². The minimum Gasteiger partial charge on any atom is -0.465 e. The summed E-state index contributed by atoms with van der Waals surface area (Å²) in [5.74, 6) is 0.340. The molecule has 1 amide bonds. The van der Waals surface area contributed by atoms with E-state index in [4.69, 9.17) is 21.4 Å². The summed E-state index contributed by atoms with van der Waals surface area (Å²) in [4.78, 5) is 12.3. The molecule has 0 radical (unpaired) electrons. The molecule has 0 saturated carbocycles. The van der Waals surface area contributed by atoms with Crippen LogP contribution in [0, 0.1) is 0 Å². The molecule has 0 rings (SSSR count). The van der Waals surface area contributed by atoms with Crippen molar-refractivity contribution < 1.29 is 14.6 Å². The Kier molecular flexibility index (Phi) is 23.4. The van der Waals surface area contributed by atoms with Crippen LogP contribution >= 0.6 is 11.6 Å². The molecule has 0 spiro atoms. The molecule has 0 aliphatic rings. The smallest absolute Gasteiger partial charge is 0.407 e. The van der Waals surface area contributed by atoms with Crippen LogP contribution in [0.2, 0.25) is 0 Å². The molecule has 0 heterocycles. The number of hydrogen-bond acceptors (Lipinski definition) is 2. The van der Waals surface area contributed by atoms with Crippen LogP contribution in [0.25, 0.3) is 0 Å². The normalized spacial score (nSPS) is 11.1. The number of halogens is 1. The topological polar surface area (TPSA) is 49.8 Å². The molecule has 0 fully saturated rings. The Balaban J connectivity index is 3.14. The third-order valence-corrected chi connectivity index (χ3v) is 5.65. The summed E-state index contributed by atoms with van der Waals surface area (Å²) in [5, 5.41) is 8.99. The predicted octanol–water partition coefficient (Wildman–Crippen LogP) is 7.87. The van der Waals surface area contributed by atoms with E-state index in [0.29, 0.717) is 25.6 Å². The van der Waals surface area contributed by atoms with Gasteiger partial charge in [-0.25, -0.2) is 4.79 Å². The molecule has 0 aromatic carbocycles. The van der Waals surface area contributed by atoms with Gasteiger partial charge in [-0.2, -0.15) is 0 Å². The van der Waals surface area contributed by atoms with E-state index >= 15 is 0 Å². The number of carbonyl (C=O) groups is 1. The lowest BCUT2D eigenvalue weighted by atomic mass is 10.0. The molecule has 174 valence electrons. The quantitative estimate of drug-likeness (QED) is 0.132. The first-order valence-corrected chi connectivity index (χ1v) is 12.9. The second kappa shape index (κ2) is 23.8. The molecule has 0 atom stereocenters. The van der Waals surface area contributed by atoms with Crippen molar-refractivity contribution in [3.8, 4) is 0 Å². The van der Waals surface area contributed by atoms with E-state index in [1.54, 1.807) is 0 Å². The van der Waals surface area contributed by atoms with Crippen LogP contribution in [0.15, 0.2) is 0 Å². The van der Waals surface area contributed by atoms with Crippen LogP contribution in [-0.4, -0.2) is 48.3 Å². The van der Waals surface area contributed by atoms with Gasteiger partial charge in [-0.1, -0.05) is 103 Å². The summed E-state index contributed by atoms with van der Waals surface area (Å²) in [5.41, 5.74) is 0. The van der Waals surface area contributed by atoms with Gasteiger partial charge in [-0.3, -0.25) is 0 Å². The fraction of sp³-hybridized carbons (Fsp3) is 0.958. The monoisotopic (exact) mass is 433 g/mol. The minimum absolute atomic E-state index is 0.340. The van der Waals surface area contributed by atoms with Crippen molar-refractivity contribution in [2.24, 2.45) is 0 Å². The van der Waals surface area contributed by atoms with Gasteiger partial charge < -0.3 is 14.7 Å². The molecule has 0 aromatic rings. The fourth-order valence-electron chi connectivity index (χ4n) is 3.62. The van der Waals surface area contributed by atoms with Gasteiger partial charge >= 0.3 is 6.09 Å². The molecule has 5 heteroatoms. The predicted molar refractivity (Wildman–Crippen MR) is 125 cm³/mol. The van der Waals surface area contributed by atoms with Crippen LogP contribution < -0.4 is 0 Å². The van der Waals surface area contributed by atoms with Gasteiger partial charge in [0.25, 0.3) is 0 Å². The van der Waals surface area contributed by atoms with Gasteiger partial charge in [-0.15, -0.1) is 11.6 Å². The highest BCUT2D eigenvalue weighted by Gasteiger charge is 2.09. The molecule has 29 heavy (non-hydrogen) atoms. The van der Waals surface area contributed by atoms with E-state index in [9.17, 15) is 4.79 Å². The standard InChI is InChI=1S/C24H48ClNO3/c1-2-3-4-5-6-7-8-9-10-11-12-13-14-15-16-17-22-29-23-18-20-26(21-19-25)24(27)28/h2-23H2,1H3,(H,27,28). The molecule has 0 aliphatic heterocycles. The number of carboxylic acid groups (broad SMARTS) is 1. The lowest BCUT2D eigenvalue weighted by molar-refractivity contribution is 0.111. The number of amides is 1. The van der Waals surface area contributed by atoms with Crippen molar-refractivity contribution in [3.63, 3.8) is 0 Å². The summed E-state index contributed by atoms with van der Waals surface area (Å²) in [6.07, 6.45) is 21.9. The van der Waals surface area contributed by atoms with Gasteiger partial charge in [0, 0.05) is 32.2 Å². The van der Waals surface area contributed by atoms with Crippen molar-refractivity contribution in [2.45, 2.75) is 116 Å². The first-order valence-electron chi connectivity index (χ1n) is 12.3. The van der Waals surface area contributed by atoms with E-state index in [1.165, 1.54) is 101 Å². The van der Waals surface area contributed by atoms with Crippen molar-refractivity contribution in [3.05, 3.63) is 0 Å². The summed E-state index contributed by atoms with van der Waals surface area (Å²) in [6.45, 7) is 4.59. The van der Waals surface area contributed by atoms with Gasteiger partial charge in [0.2, 0.25) is 0 Å². The Hall–Kier alpha value is -0.480. The maximum Gasteiger partial charge on any atom is 0.407 e. The number of alkyl halides is 1. The van der Waals surface area contributed by atoms with Crippen LogP contribution in [0.1, 0.15) is 116 Å². The van der Waals surface area contributed by atoms with Crippen LogP contribution in [0.5, 0.6) is 0 Å². The minimum atomic E-state index is -0.900. The van der Waals surface area contributed by atoms with E-state index in [2.05, 4.69) is 6.92 Å². The summed E-state index contributed by atoms with van der Waals surface area (Å²) >= 11 is 5.60. The third kappa shape index (κ3) is 22.0. The SMILES string of the molecule is CCCCCCCCCCCCCCCCCCOCCCN(CCCl)C(=O)O. The Morgan fingerprint density at radius 1 is 0.690 bits per heavy atom. The molecular weight excluding hydrogens is 386 g/mol. The largest absolute Gasteiger partial charge is 0.465 e. The maximum atomic E-state index is 10.9. The van der Waals surface area contributed by atoms with Gasteiger partial charge in [0.05, 0.1) is 0 Å². The zero-order chi connectivity index (χ0) is 21.4. The number of ether oxygens (including phenoxy) is 1. The molecule has 1 N–H and O–H groups in total. The van der Waals surface area contributed by atoms with Crippen LogP contribution in [-0.2, 0) is 4.74 Å². The van der Waals surface area contributed by atoms with Crippen molar-refractivity contribution in [1.29, 1.82) is 0 Å². The van der Waals surface area contributed by atoms with E-state index in [-0.39, 0.29) is 0 Å². The summed E-state index contributed by atoms with van der Waals surface area (Å²) in [6, 6.07) is 0. The number of hydrogen-bond donors (Lipinski definition) is 1. The lowest BCUT2D eigenvalue weighted by Crippen LogP contribution is -2.32. The first kappa shape index (κ1) is 28.5. The Morgan fingerprint density at radius 3 is 1.52 bits per heavy atom. The van der Waals surface area contributed by atoms with Crippen LogP contribution in [0.4, 0.5) is 4.79 Å². The van der Waals surface area contributed by atoms with Gasteiger partial charge in [-0.05, 0) is 12.8 Å². The van der Waals surface area contributed by atoms with E-state index in [1.807, 2.05) is 0 Å². The Labute approximate surface area is 185 Å². The lowest BCUT2D eigenvalue weighted by Gasteiger charge is -2.17. The Bertz CT molecular complexity index is 342. The first-order chi connectivity index (χ1) is 14.2. The number of unbranched alkanes of at least 4 members (excludes halogenated alkanes) is 15. The maximum absolute atomic E-state index is 10.9. The van der Waals surface area contributed by atoms with E-state index < -0.39 is 6.09 Å². The molecular formula is C24H48ClNO3. The zero-order valence-electron chi connectivity index (χ0n) is 19.1. The third-order valence-electron chi connectivity index (χ3n) is 5.48. The highest BCUT2D eigenvalue weighted by Crippen LogP contribution is 2.13. The highest BCUT2D eigenvalue weighted by molar-refractivity contribution is 6.18. The summed E-state index contributed by atoms with van der Waals surface area (Å²) < 4.78 is 5.61. The van der Waals surface area contributed by atoms with Gasteiger partial charge in [0.1, 0.15) is 0 Å². The average molecular weight is 434 g/mol. The molecule has 0 unspecified atom stereocenters. The summed E-state index contributed by atoms with van der Waals surface area (Å²) in [7, 11) is 0. The molecule has 0 aliphatic carbocycles. The molecule has 0 saturated heterocycles. The molecule has 0 bridgehead atoms. The highest BCUT2D eigenvalue weighted by atomic mass is 35.5.